The molecule has 3 amide bonds. The molecule has 39 atom stereocenters. The van der Waals surface area contributed by atoms with Crippen LogP contribution < -0.4 is 16.0 Å². The van der Waals surface area contributed by atoms with Crippen molar-refractivity contribution in [3.8, 4) is 0 Å². The molecule has 0 aromatic rings. The van der Waals surface area contributed by atoms with Gasteiger partial charge in [-0.25, -0.2) is 0 Å². The predicted octanol–water partition coefficient (Wildman–Crippen LogP) is -17.4. The number of aliphatic hydroxyl groups excluding tert-OH is 23. The average molecular weight is 1420 g/mol. The molecular formula is C54H93N3O40. The number of aliphatic hydroxyl groups is 23. The molecule has 26 N–H and O–H groups in total. The number of rotatable bonds is 28. The van der Waals surface area contributed by atoms with Crippen LogP contribution in [0.5, 0.6) is 0 Å². The summed E-state index contributed by atoms with van der Waals surface area (Å²) in [4.78, 5) is 38.5. The first-order valence-electron chi connectivity index (χ1n) is 30.9. The third kappa shape index (κ3) is 18.5. The normalized spacial score (nSPS) is 46.5. The lowest BCUT2D eigenvalue weighted by Crippen LogP contribution is -2.71. The molecule has 0 aromatic carbocycles. The van der Waals surface area contributed by atoms with Gasteiger partial charge >= 0.3 is 0 Å². The van der Waals surface area contributed by atoms with Gasteiger partial charge in [0, 0.05) is 20.8 Å². The first-order chi connectivity index (χ1) is 45.8. The first-order valence-corrected chi connectivity index (χ1v) is 30.9. The van der Waals surface area contributed by atoms with E-state index in [-0.39, 0.29) is 0 Å². The van der Waals surface area contributed by atoms with Crippen molar-refractivity contribution in [3.63, 3.8) is 0 Å². The van der Waals surface area contributed by atoms with Crippen LogP contribution in [0.4, 0.5) is 0 Å². The van der Waals surface area contributed by atoms with E-state index in [9.17, 15) is 132 Å². The number of hydrogen-bond donors (Lipinski definition) is 26. The average Bonchev–Trinajstić information content (AvgIpc) is 0.775. The third-order valence-electron chi connectivity index (χ3n) is 17.4. The summed E-state index contributed by atoms with van der Waals surface area (Å²) in [6, 6.07) is -5.52. The molecule has 97 heavy (non-hydrogen) atoms. The van der Waals surface area contributed by atoms with Crippen LogP contribution in [-0.4, -0.2) is 427 Å². The molecule has 0 radical (unpaired) electrons. The Labute approximate surface area is 550 Å². The molecular weight excluding hydrogens is 1330 g/mol. The summed E-state index contributed by atoms with van der Waals surface area (Å²) in [5.74, 6) is -2.70. The molecule has 0 saturated carbocycles. The Hall–Kier alpha value is -3.07. The van der Waals surface area contributed by atoms with Gasteiger partial charge in [-0.3, -0.25) is 14.4 Å². The van der Waals surface area contributed by atoms with E-state index in [2.05, 4.69) is 16.0 Å². The van der Waals surface area contributed by atoms with E-state index in [1.807, 2.05) is 0 Å². The zero-order chi connectivity index (χ0) is 71.9. The van der Waals surface area contributed by atoms with Gasteiger partial charge in [0.25, 0.3) is 0 Å². The highest BCUT2D eigenvalue weighted by atomic mass is 16.8. The van der Waals surface area contributed by atoms with Gasteiger partial charge < -0.3 is 200 Å². The Morgan fingerprint density at radius 3 is 1.24 bits per heavy atom. The second-order valence-corrected chi connectivity index (χ2v) is 24.4. The van der Waals surface area contributed by atoms with Crippen molar-refractivity contribution in [2.24, 2.45) is 0 Å². The number of carbonyl (C=O) groups excluding carboxylic acids is 3. The van der Waals surface area contributed by atoms with Gasteiger partial charge in [-0.2, -0.15) is 0 Å². The molecule has 7 aliphatic heterocycles. The Morgan fingerprint density at radius 2 is 0.722 bits per heavy atom. The summed E-state index contributed by atoms with van der Waals surface area (Å²) in [5, 5.41) is 257. The molecule has 7 fully saturated rings. The van der Waals surface area contributed by atoms with Gasteiger partial charge in [0.05, 0.1) is 59.0 Å². The third-order valence-corrected chi connectivity index (χ3v) is 17.4. The molecule has 0 bridgehead atoms. The summed E-state index contributed by atoms with van der Waals surface area (Å²) in [6.45, 7) is -4.62. The van der Waals surface area contributed by atoms with Crippen LogP contribution in [0.2, 0.25) is 0 Å². The topological polar surface area (TPSA) is 682 Å². The first kappa shape index (κ1) is 81.2. The van der Waals surface area contributed by atoms with Crippen molar-refractivity contribution in [1.29, 1.82) is 0 Å². The largest absolute Gasteiger partial charge is 0.394 e. The van der Waals surface area contributed by atoms with Gasteiger partial charge in [-0.05, 0) is 6.92 Å². The summed E-state index contributed by atoms with van der Waals surface area (Å²) in [6.07, 6.45) is -72.8. The molecule has 7 aliphatic rings. The van der Waals surface area contributed by atoms with Gasteiger partial charge in [0.2, 0.25) is 17.7 Å². The molecule has 43 nitrogen and oxygen atoms in total. The highest BCUT2D eigenvalue weighted by Crippen LogP contribution is 2.39. The van der Waals surface area contributed by atoms with E-state index in [0.717, 1.165) is 20.8 Å². The van der Waals surface area contributed by atoms with Crippen molar-refractivity contribution < 1.29 is 198 Å². The highest BCUT2D eigenvalue weighted by Gasteiger charge is 2.60. The number of carbonyl (C=O) groups is 3. The number of ether oxygens (including phenoxy) is 14. The van der Waals surface area contributed by atoms with Gasteiger partial charge in [0.15, 0.2) is 44.0 Å². The second-order valence-electron chi connectivity index (χ2n) is 24.4. The standard InChI is InChI=1S/C54H93N3O40/c1-13-28(70)36(78)38(80)51(85-13)95-45-27(57-16(4)67)48(84-12-24-33(75)47(97-49-25(55-14(2)65)34(76)30(72)19(7-60)86-49)41(83)54(91-24)92-42(18(69)6-59)29(71)17(68)5-58)89-23(11-64)44(45)94-53-40(82)46(32(74)21(9-62)88-53)96-50-26(56-15(3)66)35(77)43(22(10-63)90-50)93-52-39(81)37(79)31(73)20(8-61)87-52/h13,17-54,58-64,68-83H,5-12H2,1-4H3,(H,55,65)(H,56,66)(H,57,67)/t13-,17-,18+,19+,20+,21+,22+,23+,24+,25+,26+,27+,28+,29+,30+,31-,32-,33-,34+,35+,36+,37-,38-,39+,40+,41+,42+,43+,44+,45+,46-,47-,48+,49-,50-,51-,52-,53-,54-/m0/s1. The molecule has 0 aliphatic carbocycles. The van der Waals surface area contributed by atoms with Crippen LogP contribution in [0.1, 0.15) is 27.7 Å². The van der Waals surface area contributed by atoms with Crippen LogP contribution in [0.3, 0.4) is 0 Å². The number of amides is 3. The molecule has 7 rings (SSSR count). The molecule has 43 heteroatoms. The number of nitrogens with one attached hydrogen (secondary N) is 3. The lowest BCUT2D eigenvalue weighted by molar-refractivity contribution is -0.389. The summed E-state index contributed by atoms with van der Waals surface area (Å²) < 4.78 is 82.9. The fourth-order valence-corrected chi connectivity index (χ4v) is 12.1. The van der Waals surface area contributed by atoms with E-state index in [4.69, 9.17) is 66.3 Å². The van der Waals surface area contributed by atoms with Gasteiger partial charge in [-0.15, -0.1) is 0 Å². The molecule has 0 aromatic heterocycles. The van der Waals surface area contributed by atoms with Gasteiger partial charge in [-0.1, -0.05) is 0 Å². The van der Waals surface area contributed by atoms with Crippen molar-refractivity contribution in [1.82, 2.24) is 16.0 Å². The summed E-state index contributed by atoms with van der Waals surface area (Å²) in [7, 11) is 0. The van der Waals surface area contributed by atoms with E-state index >= 15 is 0 Å². The Bertz CT molecular complexity index is 2440. The van der Waals surface area contributed by atoms with E-state index in [0.29, 0.717) is 0 Å². The minimum absolute atomic E-state index is 0.849. The monoisotopic (exact) mass is 1420 g/mol. The molecule has 564 valence electrons. The van der Waals surface area contributed by atoms with Crippen LogP contribution >= 0.6 is 0 Å². The maximum absolute atomic E-state index is 13.4. The van der Waals surface area contributed by atoms with Crippen LogP contribution in [0.15, 0.2) is 0 Å². The lowest BCUT2D eigenvalue weighted by Gasteiger charge is -2.51. The Balaban J connectivity index is 1.22. The fourth-order valence-electron chi connectivity index (χ4n) is 12.1. The molecule has 0 unspecified atom stereocenters. The van der Waals surface area contributed by atoms with E-state index < -0.39 is 310 Å². The smallest absolute Gasteiger partial charge is 0.217 e. The predicted molar refractivity (Wildman–Crippen MR) is 300 cm³/mol. The number of hydrogen-bond acceptors (Lipinski definition) is 40. The van der Waals surface area contributed by atoms with Crippen LogP contribution in [-0.2, 0) is 80.7 Å². The minimum atomic E-state index is -2.37. The second kappa shape index (κ2) is 35.9. The Morgan fingerprint density at radius 1 is 0.351 bits per heavy atom. The molecule has 7 heterocycles. The van der Waals surface area contributed by atoms with Crippen molar-refractivity contribution in [2.75, 3.05) is 52.9 Å². The SMILES string of the molecule is CC(=O)N[C@H]1[C@H](O[C@H]2[C@@H](O)[C@@H](CO)O[C@@H](O[C@H]3[C@H](O[C@@H]4O[C@@H](C)[C@@H](O)[C@@H](O)[C@@H]4O)[C@@H](NC(C)=O)[C@H](OC[C@H]4O[C@@H](O[C@@H]([C@H](O)[C@@H](O)CO)[C@H](O)CO)[C@H](O)[C@@H](O[C@@H]5O[C@H](CO)[C@@H](O)[C@H](O)[C@H]5NC(C)=O)[C@H]4O)O[C@@H]3CO)[C@@H]2O)O[C@H](CO)[C@@H](O[C@@H]2O[C@H](CO)[C@H](O)[C@H](O)[C@H]2O)[C@@H]1O. The summed E-state index contributed by atoms with van der Waals surface area (Å²) >= 11 is 0. The zero-order valence-electron chi connectivity index (χ0n) is 52.4. The zero-order valence-corrected chi connectivity index (χ0v) is 52.4. The van der Waals surface area contributed by atoms with Gasteiger partial charge in [0.1, 0.15) is 189 Å². The Kier molecular flexibility index (Phi) is 30.1. The van der Waals surface area contributed by atoms with Crippen molar-refractivity contribution in [2.45, 2.75) is 267 Å². The molecule has 7 saturated heterocycles. The van der Waals surface area contributed by atoms with E-state index in [1.165, 1.54) is 6.92 Å². The molecule has 0 spiro atoms. The van der Waals surface area contributed by atoms with E-state index in [1.54, 1.807) is 0 Å². The summed E-state index contributed by atoms with van der Waals surface area (Å²) in [5.41, 5.74) is 0. The maximum atomic E-state index is 13.4. The van der Waals surface area contributed by atoms with Crippen molar-refractivity contribution in [3.05, 3.63) is 0 Å². The van der Waals surface area contributed by atoms with Crippen LogP contribution in [0, 0.1) is 0 Å². The van der Waals surface area contributed by atoms with Crippen LogP contribution in [0.25, 0.3) is 0 Å². The lowest BCUT2D eigenvalue weighted by atomic mass is 9.93. The minimum Gasteiger partial charge on any atom is -0.394 e. The fraction of sp³-hybridized carbons (Fsp3) is 0.944. The maximum Gasteiger partial charge on any atom is 0.217 e. The van der Waals surface area contributed by atoms with Crippen molar-refractivity contribution >= 4 is 17.7 Å². The highest BCUT2D eigenvalue weighted by molar-refractivity contribution is 5.74. The quantitative estimate of drug-likeness (QED) is 0.0346.